The molecule has 4 heteroatoms. The molecule has 1 fully saturated rings. The topological polar surface area (TPSA) is 54.5 Å². The van der Waals surface area contributed by atoms with Crippen molar-refractivity contribution in [2.45, 2.75) is 34.1 Å². The summed E-state index contributed by atoms with van der Waals surface area (Å²) in [5, 5.41) is 0. The lowest BCUT2D eigenvalue weighted by atomic mass is 9.94. The lowest BCUT2D eigenvalue weighted by Crippen LogP contribution is -2.31. The number of Topliss-reactive ketones (excluding diaryl/α,β-unsaturated/α-hetero) is 1. The zero-order chi connectivity index (χ0) is 15.7. The van der Waals surface area contributed by atoms with Gasteiger partial charge in [-0.05, 0) is 18.1 Å². The Morgan fingerprint density at radius 2 is 1.86 bits per heavy atom. The largest absolute Gasteiger partial charge is 0.294 e. The van der Waals surface area contributed by atoms with Crippen molar-refractivity contribution in [3.8, 4) is 0 Å². The van der Waals surface area contributed by atoms with Gasteiger partial charge in [-0.15, -0.1) is 0 Å². The van der Waals surface area contributed by atoms with E-state index in [0.717, 1.165) is 0 Å². The van der Waals surface area contributed by atoms with Crippen LogP contribution in [-0.4, -0.2) is 17.6 Å². The molecule has 1 heterocycles. The number of amides is 2. The minimum absolute atomic E-state index is 0.0105. The Kier molecular flexibility index (Phi) is 4.26. The Labute approximate surface area is 125 Å². The fourth-order valence-electron chi connectivity index (χ4n) is 2.58. The molecule has 0 bridgehead atoms. The molecule has 0 saturated carbocycles. The van der Waals surface area contributed by atoms with Crippen molar-refractivity contribution in [3.63, 3.8) is 0 Å². The van der Waals surface area contributed by atoms with E-state index in [-0.39, 0.29) is 41.8 Å². The van der Waals surface area contributed by atoms with Gasteiger partial charge in [0, 0.05) is 17.9 Å². The molecule has 1 unspecified atom stereocenters. The van der Waals surface area contributed by atoms with Crippen molar-refractivity contribution in [3.05, 3.63) is 29.8 Å². The quantitative estimate of drug-likeness (QED) is 0.631. The minimum atomic E-state index is -0.262. The van der Waals surface area contributed by atoms with Crippen LogP contribution >= 0.6 is 0 Å². The average Bonchev–Trinajstić information content (AvgIpc) is 2.73. The van der Waals surface area contributed by atoms with E-state index in [1.165, 1.54) is 4.90 Å². The fraction of sp³-hybridized carbons (Fsp3) is 0.471. The molecule has 0 spiro atoms. The van der Waals surface area contributed by atoms with Crippen LogP contribution in [0.2, 0.25) is 0 Å². The van der Waals surface area contributed by atoms with E-state index in [2.05, 4.69) is 0 Å². The molecule has 0 radical (unpaired) electrons. The number of anilines is 1. The van der Waals surface area contributed by atoms with E-state index in [4.69, 9.17) is 0 Å². The number of rotatable bonds is 4. The molecule has 1 aromatic rings. The van der Waals surface area contributed by atoms with Crippen LogP contribution in [0, 0.1) is 17.8 Å². The Bertz CT molecular complexity index is 589. The second kappa shape index (κ2) is 5.80. The molecule has 0 aliphatic carbocycles. The maximum Gasteiger partial charge on any atom is 0.237 e. The van der Waals surface area contributed by atoms with Crippen LogP contribution in [0.4, 0.5) is 5.69 Å². The molecule has 4 nitrogen and oxygen atoms in total. The smallest absolute Gasteiger partial charge is 0.237 e. The molecule has 1 aliphatic heterocycles. The number of nitrogens with zero attached hydrogens (tertiary/aromatic N) is 1. The Morgan fingerprint density at radius 1 is 1.19 bits per heavy atom. The van der Waals surface area contributed by atoms with Crippen LogP contribution in [-0.2, 0) is 9.59 Å². The van der Waals surface area contributed by atoms with Gasteiger partial charge in [0.2, 0.25) is 11.8 Å². The van der Waals surface area contributed by atoms with E-state index >= 15 is 0 Å². The van der Waals surface area contributed by atoms with Gasteiger partial charge >= 0.3 is 0 Å². The summed E-state index contributed by atoms with van der Waals surface area (Å²) in [6.45, 7) is 7.54. The fourth-order valence-corrected chi connectivity index (χ4v) is 2.58. The van der Waals surface area contributed by atoms with Crippen molar-refractivity contribution in [1.29, 1.82) is 0 Å². The molecule has 0 aromatic heterocycles. The average molecular weight is 287 g/mol. The first kappa shape index (κ1) is 15.4. The Balaban J connectivity index is 2.35. The lowest BCUT2D eigenvalue weighted by Gasteiger charge is -2.17. The number of hydrogen-bond acceptors (Lipinski definition) is 3. The van der Waals surface area contributed by atoms with Crippen LogP contribution < -0.4 is 4.90 Å². The van der Waals surface area contributed by atoms with Gasteiger partial charge in [0.25, 0.3) is 0 Å². The number of hydrogen-bond donors (Lipinski definition) is 0. The highest BCUT2D eigenvalue weighted by molar-refractivity contribution is 6.21. The highest BCUT2D eigenvalue weighted by atomic mass is 16.2. The molecule has 1 aliphatic rings. The standard InChI is InChI=1S/C17H21NO3/c1-10(2)14-9-15(19)18(17(14)21)13-7-5-6-12(8-13)16(20)11(3)4/h5-8,10-11,14H,9H2,1-4H3. The summed E-state index contributed by atoms with van der Waals surface area (Å²) in [7, 11) is 0. The molecule has 1 atom stereocenters. The first-order chi connectivity index (χ1) is 9.82. The third-order valence-electron chi connectivity index (χ3n) is 3.90. The predicted molar refractivity (Wildman–Crippen MR) is 81.0 cm³/mol. The maximum atomic E-state index is 12.4. The predicted octanol–water partition coefficient (Wildman–Crippen LogP) is 3.06. The van der Waals surface area contributed by atoms with Gasteiger partial charge in [-0.2, -0.15) is 0 Å². The van der Waals surface area contributed by atoms with Gasteiger partial charge in [-0.3, -0.25) is 19.3 Å². The van der Waals surface area contributed by atoms with Crippen molar-refractivity contribution in [2.75, 3.05) is 4.90 Å². The van der Waals surface area contributed by atoms with Gasteiger partial charge < -0.3 is 0 Å². The van der Waals surface area contributed by atoms with Gasteiger partial charge in [-0.1, -0.05) is 39.8 Å². The Hall–Kier alpha value is -1.97. The summed E-state index contributed by atoms with van der Waals surface area (Å²) in [5.74, 6) is -0.587. The molecule has 1 saturated heterocycles. The molecule has 1 aromatic carbocycles. The highest BCUT2D eigenvalue weighted by Crippen LogP contribution is 2.31. The van der Waals surface area contributed by atoms with Crippen molar-refractivity contribution < 1.29 is 14.4 Å². The van der Waals surface area contributed by atoms with E-state index in [9.17, 15) is 14.4 Å². The van der Waals surface area contributed by atoms with Crippen LogP contribution in [0.1, 0.15) is 44.5 Å². The van der Waals surface area contributed by atoms with Crippen LogP contribution in [0.5, 0.6) is 0 Å². The number of benzene rings is 1. The summed E-state index contributed by atoms with van der Waals surface area (Å²) in [4.78, 5) is 37.8. The first-order valence-electron chi connectivity index (χ1n) is 7.34. The van der Waals surface area contributed by atoms with Gasteiger partial charge in [0.15, 0.2) is 5.78 Å². The number of imide groups is 1. The normalized spacial score (nSPS) is 19.0. The number of carbonyl (C=O) groups excluding carboxylic acids is 3. The number of carbonyl (C=O) groups is 3. The first-order valence-corrected chi connectivity index (χ1v) is 7.34. The molecular formula is C17H21NO3. The molecule has 112 valence electrons. The van der Waals surface area contributed by atoms with Crippen LogP contribution in [0.15, 0.2) is 24.3 Å². The Morgan fingerprint density at radius 3 is 2.38 bits per heavy atom. The summed E-state index contributed by atoms with van der Waals surface area (Å²) >= 11 is 0. The minimum Gasteiger partial charge on any atom is -0.294 e. The van der Waals surface area contributed by atoms with Gasteiger partial charge in [0.1, 0.15) is 0 Å². The highest BCUT2D eigenvalue weighted by Gasteiger charge is 2.40. The summed E-state index contributed by atoms with van der Waals surface area (Å²) in [6.07, 6.45) is 0.249. The second-order valence-electron chi connectivity index (χ2n) is 6.19. The van der Waals surface area contributed by atoms with E-state index < -0.39 is 0 Å². The van der Waals surface area contributed by atoms with E-state index in [1.807, 2.05) is 27.7 Å². The third-order valence-corrected chi connectivity index (χ3v) is 3.90. The maximum absolute atomic E-state index is 12.4. The number of ketones is 1. The molecular weight excluding hydrogens is 266 g/mol. The monoisotopic (exact) mass is 287 g/mol. The van der Waals surface area contributed by atoms with Crippen molar-refractivity contribution >= 4 is 23.3 Å². The van der Waals surface area contributed by atoms with Crippen molar-refractivity contribution in [2.24, 2.45) is 17.8 Å². The zero-order valence-electron chi connectivity index (χ0n) is 12.9. The molecule has 2 amide bonds. The molecule has 0 N–H and O–H groups in total. The zero-order valence-corrected chi connectivity index (χ0v) is 12.9. The summed E-state index contributed by atoms with van der Waals surface area (Å²) in [5.41, 5.74) is 1.04. The summed E-state index contributed by atoms with van der Waals surface area (Å²) < 4.78 is 0. The van der Waals surface area contributed by atoms with Gasteiger partial charge in [-0.25, -0.2) is 0 Å². The van der Waals surface area contributed by atoms with E-state index in [1.54, 1.807) is 24.3 Å². The van der Waals surface area contributed by atoms with Gasteiger partial charge in [0.05, 0.1) is 11.6 Å². The van der Waals surface area contributed by atoms with Crippen LogP contribution in [0.3, 0.4) is 0 Å². The third kappa shape index (κ3) is 2.89. The SMILES string of the molecule is CC(C)C(=O)c1cccc(N2C(=O)CC(C(C)C)C2=O)c1. The second-order valence-corrected chi connectivity index (χ2v) is 6.19. The van der Waals surface area contributed by atoms with E-state index in [0.29, 0.717) is 11.3 Å². The lowest BCUT2D eigenvalue weighted by molar-refractivity contribution is -0.122. The van der Waals surface area contributed by atoms with Crippen LogP contribution in [0.25, 0.3) is 0 Å². The molecule has 21 heavy (non-hydrogen) atoms. The van der Waals surface area contributed by atoms with Crippen molar-refractivity contribution in [1.82, 2.24) is 0 Å². The molecule has 2 rings (SSSR count). The summed E-state index contributed by atoms with van der Waals surface area (Å²) in [6, 6.07) is 6.78.